The Morgan fingerprint density at radius 1 is 1.38 bits per heavy atom. The molecule has 0 aliphatic heterocycles. The fourth-order valence-corrected chi connectivity index (χ4v) is 2.29. The molecule has 1 aromatic heterocycles. The number of carbonyl (C=O) groups excluding carboxylic acids is 1. The van der Waals surface area contributed by atoms with Crippen LogP contribution in [0.25, 0.3) is 11.3 Å². The highest BCUT2D eigenvalue weighted by molar-refractivity contribution is 6.30. The fraction of sp³-hybridized carbons (Fsp3) is 0.412. The van der Waals surface area contributed by atoms with E-state index in [-0.39, 0.29) is 12.5 Å². The summed E-state index contributed by atoms with van der Waals surface area (Å²) in [5.74, 6) is 1.21. The molecule has 2 aromatic rings. The van der Waals surface area contributed by atoms with Crippen LogP contribution in [0.15, 0.2) is 34.9 Å². The molecule has 0 atom stereocenters. The van der Waals surface area contributed by atoms with Crippen molar-refractivity contribution in [3.05, 3.63) is 41.4 Å². The van der Waals surface area contributed by atoms with Crippen molar-refractivity contribution in [3.63, 3.8) is 0 Å². The molecule has 0 unspecified atom stereocenters. The van der Waals surface area contributed by atoms with Crippen molar-refractivity contribution < 1.29 is 13.9 Å². The molecule has 24 heavy (non-hydrogen) atoms. The normalized spacial score (nSPS) is 11.0. The Bertz CT molecular complexity index is 643. The van der Waals surface area contributed by atoms with Crippen LogP contribution < -0.4 is 5.32 Å². The fourth-order valence-electron chi connectivity index (χ4n) is 2.16. The van der Waals surface area contributed by atoms with E-state index in [1.807, 2.05) is 24.1 Å². The van der Waals surface area contributed by atoms with E-state index in [1.54, 1.807) is 25.4 Å². The summed E-state index contributed by atoms with van der Waals surface area (Å²) in [6.45, 7) is 1.99. The lowest BCUT2D eigenvalue weighted by atomic mass is 10.2. The summed E-state index contributed by atoms with van der Waals surface area (Å²) < 4.78 is 10.7. The minimum atomic E-state index is -0.0296. The van der Waals surface area contributed by atoms with E-state index in [2.05, 4.69) is 10.3 Å². The van der Waals surface area contributed by atoms with E-state index >= 15 is 0 Å². The molecular weight excluding hydrogens is 330 g/mol. The highest BCUT2D eigenvalue weighted by Gasteiger charge is 2.11. The van der Waals surface area contributed by atoms with Gasteiger partial charge in [0.2, 0.25) is 11.8 Å². The second kappa shape index (κ2) is 9.42. The number of hydrogen-bond acceptors (Lipinski definition) is 5. The van der Waals surface area contributed by atoms with Gasteiger partial charge in [-0.25, -0.2) is 4.98 Å². The molecule has 7 heteroatoms. The smallest absolute Gasteiger partial charge is 0.234 e. The number of amides is 1. The highest BCUT2D eigenvalue weighted by Crippen LogP contribution is 2.22. The molecule has 0 fully saturated rings. The van der Waals surface area contributed by atoms with Crippen LogP contribution >= 0.6 is 11.6 Å². The third-order valence-corrected chi connectivity index (χ3v) is 3.60. The predicted molar refractivity (Wildman–Crippen MR) is 92.8 cm³/mol. The summed E-state index contributed by atoms with van der Waals surface area (Å²) in [6.07, 6.45) is 2.48. The third-order valence-electron chi connectivity index (χ3n) is 3.35. The van der Waals surface area contributed by atoms with E-state index in [9.17, 15) is 4.79 Å². The largest absolute Gasteiger partial charge is 0.439 e. The van der Waals surface area contributed by atoms with Crippen LogP contribution in [-0.2, 0) is 16.1 Å². The van der Waals surface area contributed by atoms with Gasteiger partial charge in [0.05, 0.1) is 19.3 Å². The van der Waals surface area contributed by atoms with E-state index in [1.165, 1.54) is 0 Å². The SMILES string of the molecule is COCCCNC(=O)CN(C)Cc1ncc(-c2ccc(Cl)cc2)o1. The minimum absolute atomic E-state index is 0.0296. The summed E-state index contributed by atoms with van der Waals surface area (Å²) in [4.78, 5) is 17.9. The Morgan fingerprint density at radius 3 is 2.83 bits per heavy atom. The van der Waals surface area contributed by atoms with E-state index < -0.39 is 0 Å². The Hall–Kier alpha value is -1.89. The van der Waals surface area contributed by atoms with Gasteiger partial charge in [-0.15, -0.1) is 0 Å². The van der Waals surface area contributed by atoms with Gasteiger partial charge in [0.1, 0.15) is 0 Å². The van der Waals surface area contributed by atoms with Gasteiger partial charge >= 0.3 is 0 Å². The van der Waals surface area contributed by atoms with E-state index in [0.717, 1.165) is 12.0 Å². The van der Waals surface area contributed by atoms with Crippen LogP contribution in [0.2, 0.25) is 5.02 Å². The van der Waals surface area contributed by atoms with E-state index in [4.69, 9.17) is 20.8 Å². The number of halogens is 1. The lowest BCUT2D eigenvalue weighted by Crippen LogP contribution is -2.35. The molecule has 1 amide bonds. The average Bonchev–Trinajstić information content (AvgIpc) is 3.00. The van der Waals surface area contributed by atoms with Crippen LogP contribution in [0.4, 0.5) is 0 Å². The number of nitrogens with one attached hydrogen (secondary N) is 1. The number of ether oxygens (including phenoxy) is 1. The Morgan fingerprint density at radius 2 is 2.12 bits per heavy atom. The zero-order chi connectivity index (χ0) is 17.4. The maximum absolute atomic E-state index is 11.8. The van der Waals surface area contributed by atoms with Crippen molar-refractivity contribution in [2.24, 2.45) is 0 Å². The van der Waals surface area contributed by atoms with Crippen LogP contribution in [0.1, 0.15) is 12.3 Å². The summed E-state index contributed by atoms with van der Waals surface area (Å²) in [6, 6.07) is 7.37. The molecule has 6 nitrogen and oxygen atoms in total. The zero-order valence-electron chi connectivity index (χ0n) is 13.9. The topological polar surface area (TPSA) is 67.6 Å². The highest BCUT2D eigenvalue weighted by atomic mass is 35.5. The second-order valence-corrected chi connectivity index (χ2v) is 5.93. The first-order valence-corrected chi connectivity index (χ1v) is 8.11. The molecule has 1 aromatic carbocycles. The summed E-state index contributed by atoms with van der Waals surface area (Å²) in [5.41, 5.74) is 0.914. The maximum atomic E-state index is 11.8. The van der Waals surface area contributed by atoms with Gasteiger partial charge in [-0.05, 0) is 37.7 Å². The predicted octanol–water partition coefficient (Wildman–Crippen LogP) is 2.58. The lowest BCUT2D eigenvalue weighted by molar-refractivity contribution is -0.122. The molecule has 0 aliphatic carbocycles. The minimum Gasteiger partial charge on any atom is -0.439 e. The number of carbonyl (C=O) groups is 1. The number of nitrogens with zero attached hydrogens (tertiary/aromatic N) is 2. The Kier molecular flexibility index (Phi) is 7.24. The van der Waals surface area contributed by atoms with Crippen LogP contribution in [-0.4, -0.2) is 49.6 Å². The first-order valence-electron chi connectivity index (χ1n) is 7.73. The van der Waals surface area contributed by atoms with Crippen molar-refractivity contribution in [2.75, 3.05) is 33.9 Å². The van der Waals surface area contributed by atoms with Crippen LogP contribution in [0, 0.1) is 0 Å². The first kappa shape index (κ1) is 18.4. The first-order chi connectivity index (χ1) is 11.6. The molecular formula is C17H22ClN3O3. The molecule has 0 bridgehead atoms. The lowest BCUT2D eigenvalue weighted by Gasteiger charge is -2.14. The number of likely N-dealkylation sites (N-methyl/N-ethyl adjacent to an activating group) is 1. The van der Waals surface area contributed by atoms with Crippen molar-refractivity contribution >= 4 is 17.5 Å². The maximum Gasteiger partial charge on any atom is 0.234 e. The monoisotopic (exact) mass is 351 g/mol. The van der Waals surface area contributed by atoms with Crippen molar-refractivity contribution in [1.82, 2.24) is 15.2 Å². The van der Waals surface area contributed by atoms with Crippen molar-refractivity contribution in [1.29, 1.82) is 0 Å². The number of hydrogen-bond donors (Lipinski definition) is 1. The van der Waals surface area contributed by atoms with Crippen LogP contribution in [0.3, 0.4) is 0 Å². The molecule has 0 radical (unpaired) electrons. The molecule has 130 valence electrons. The van der Waals surface area contributed by atoms with Gasteiger partial charge < -0.3 is 14.5 Å². The van der Waals surface area contributed by atoms with Crippen molar-refractivity contribution in [2.45, 2.75) is 13.0 Å². The number of oxazole rings is 1. The molecule has 0 aliphatic rings. The second-order valence-electron chi connectivity index (χ2n) is 5.49. The van der Waals surface area contributed by atoms with Gasteiger partial charge in [0.15, 0.2) is 5.76 Å². The van der Waals surface area contributed by atoms with Gasteiger partial charge in [0, 0.05) is 30.8 Å². The zero-order valence-corrected chi connectivity index (χ0v) is 14.7. The standard InChI is InChI=1S/C17H22ClN3O3/c1-21(11-16(22)19-8-3-9-23-2)12-17-20-10-15(24-17)13-4-6-14(18)7-5-13/h4-7,10H,3,8-9,11-12H2,1-2H3,(H,19,22). The van der Waals surface area contributed by atoms with Gasteiger partial charge in [-0.3, -0.25) is 9.69 Å². The summed E-state index contributed by atoms with van der Waals surface area (Å²) in [7, 11) is 3.49. The molecule has 2 rings (SSSR count). The molecule has 0 saturated heterocycles. The number of benzene rings is 1. The molecule has 1 heterocycles. The Balaban J connectivity index is 1.81. The van der Waals surface area contributed by atoms with Gasteiger partial charge in [-0.1, -0.05) is 11.6 Å². The third kappa shape index (κ3) is 5.96. The van der Waals surface area contributed by atoms with Gasteiger partial charge in [0.25, 0.3) is 0 Å². The van der Waals surface area contributed by atoms with Gasteiger partial charge in [-0.2, -0.15) is 0 Å². The molecule has 0 saturated carbocycles. The van der Waals surface area contributed by atoms with Crippen LogP contribution in [0.5, 0.6) is 0 Å². The van der Waals surface area contributed by atoms with E-state index in [0.29, 0.717) is 36.4 Å². The summed E-state index contributed by atoms with van der Waals surface area (Å²) in [5, 5.41) is 3.52. The molecule has 0 spiro atoms. The number of rotatable bonds is 9. The average molecular weight is 352 g/mol. The summed E-state index contributed by atoms with van der Waals surface area (Å²) >= 11 is 5.88. The molecule has 1 N–H and O–H groups in total. The van der Waals surface area contributed by atoms with Crippen molar-refractivity contribution in [3.8, 4) is 11.3 Å². The quantitative estimate of drug-likeness (QED) is 0.703. The Labute approximate surface area is 146 Å². The number of aromatic nitrogens is 1. The number of methoxy groups -OCH3 is 1.